The highest BCUT2D eigenvalue weighted by molar-refractivity contribution is 7.13. The quantitative estimate of drug-likeness (QED) is 0.603. The molecule has 1 aromatic heterocycles. The fourth-order valence-corrected chi connectivity index (χ4v) is 3.59. The molecule has 26 heavy (non-hydrogen) atoms. The molecule has 0 saturated carbocycles. The zero-order valence-corrected chi connectivity index (χ0v) is 16.5. The molecule has 0 bridgehead atoms. The molecule has 138 valence electrons. The molecular formula is C17H18Cl2N4O2S. The van der Waals surface area contributed by atoms with E-state index in [2.05, 4.69) is 20.4 Å². The van der Waals surface area contributed by atoms with Gasteiger partial charge in [0.05, 0.1) is 41.1 Å². The molecule has 1 amide bonds. The van der Waals surface area contributed by atoms with Gasteiger partial charge in [-0.25, -0.2) is 10.4 Å². The average molecular weight is 413 g/mol. The van der Waals surface area contributed by atoms with Crippen molar-refractivity contribution in [3.8, 4) is 0 Å². The highest BCUT2D eigenvalue weighted by Crippen LogP contribution is 2.23. The van der Waals surface area contributed by atoms with Crippen molar-refractivity contribution in [2.75, 3.05) is 31.2 Å². The van der Waals surface area contributed by atoms with E-state index in [1.54, 1.807) is 25.1 Å². The highest BCUT2D eigenvalue weighted by Gasteiger charge is 2.15. The lowest BCUT2D eigenvalue weighted by atomic mass is 10.1. The third-order valence-corrected chi connectivity index (χ3v) is 5.54. The molecule has 6 nitrogen and oxygen atoms in total. The van der Waals surface area contributed by atoms with Crippen LogP contribution >= 0.6 is 34.5 Å². The van der Waals surface area contributed by atoms with Crippen molar-refractivity contribution >= 4 is 51.3 Å². The zero-order valence-electron chi connectivity index (χ0n) is 14.2. The van der Waals surface area contributed by atoms with Gasteiger partial charge in [-0.1, -0.05) is 29.3 Å². The lowest BCUT2D eigenvalue weighted by molar-refractivity contribution is -0.120. The summed E-state index contributed by atoms with van der Waals surface area (Å²) in [6, 6.07) is 5.21. The molecule has 1 fully saturated rings. The fourth-order valence-electron chi connectivity index (χ4n) is 2.41. The maximum atomic E-state index is 12.1. The van der Waals surface area contributed by atoms with Crippen LogP contribution in [0.3, 0.4) is 0 Å². The first kappa shape index (κ1) is 19.1. The van der Waals surface area contributed by atoms with Gasteiger partial charge in [-0.2, -0.15) is 5.10 Å². The molecule has 1 aliphatic rings. The standard InChI is InChI=1S/C17H18Cl2N4O2S/c1-11(12-2-3-14(18)15(19)8-12)21-22-16(24)9-13-10-26-17(20-13)23-4-6-25-7-5-23/h2-3,8,10H,4-7,9H2,1H3,(H,22,24)/b21-11+. The lowest BCUT2D eigenvalue weighted by Crippen LogP contribution is -2.36. The number of morpholine rings is 1. The second-order valence-corrected chi connectivity index (χ2v) is 7.41. The predicted octanol–water partition coefficient (Wildman–Crippen LogP) is 3.37. The van der Waals surface area contributed by atoms with E-state index in [-0.39, 0.29) is 12.3 Å². The minimum Gasteiger partial charge on any atom is -0.378 e. The summed E-state index contributed by atoms with van der Waals surface area (Å²) in [5.74, 6) is -0.219. The number of aromatic nitrogens is 1. The van der Waals surface area contributed by atoms with Crippen molar-refractivity contribution in [1.82, 2.24) is 10.4 Å². The molecule has 2 heterocycles. The smallest absolute Gasteiger partial charge is 0.246 e. The Kier molecular flexibility index (Phi) is 6.48. The predicted molar refractivity (Wildman–Crippen MR) is 106 cm³/mol. The van der Waals surface area contributed by atoms with Crippen LogP contribution in [-0.4, -0.2) is 42.9 Å². The minimum atomic E-state index is -0.219. The van der Waals surface area contributed by atoms with Gasteiger partial charge in [-0.15, -0.1) is 11.3 Å². The Hall–Kier alpha value is -1.67. The van der Waals surface area contributed by atoms with E-state index in [0.717, 1.165) is 29.5 Å². The van der Waals surface area contributed by atoms with Gasteiger partial charge in [-0.05, 0) is 24.6 Å². The van der Waals surface area contributed by atoms with Gasteiger partial charge in [0.2, 0.25) is 5.91 Å². The Balaban J connectivity index is 1.56. The summed E-state index contributed by atoms with van der Waals surface area (Å²) in [5, 5.41) is 7.87. The average Bonchev–Trinajstić information content (AvgIpc) is 3.11. The number of ether oxygens (including phenoxy) is 1. The maximum Gasteiger partial charge on any atom is 0.246 e. The van der Waals surface area contributed by atoms with E-state index in [0.29, 0.717) is 29.0 Å². The number of rotatable bonds is 5. The molecule has 1 aliphatic heterocycles. The first-order valence-electron chi connectivity index (χ1n) is 8.08. The van der Waals surface area contributed by atoms with E-state index >= 15 is 0 Å². The van der Waals surface area contributed by atoms with E-state index in [4.69, 9.17) is 27.9 Å². The number of hydrogen-bond acceptors (Lipinski definition) is 6. The second kappa shape index (κ2) is 8.81. The van der Waals surface area contributed by atoms with E-state index in [9.17, 15) is 4.79 Å². The number of nitrogens with one attached hydrogen (secondary N) is 1. The summed E-state index contributed by atoms with van der Waals surface area (Å²) in [7, 11) is 0. The summed E-state index contributed by atoms with van der Waals surface area (Å²) in [4.78, 5) is 18.8. The van der Waals surface area contributed by atoms with Crippen molar-refractivity contribution in [2.24, 2.45) is 5.10 Å². The Morgan fingerprint density at radius 2 is 2.12 bits per heavy atom. The van der Waals surface area contributed by atoms with Gasteiger partial charge in [-0.3, -0.25) is 4.79 Å². The van der Waals surface area contributed by atoms with Crippen LogP contribution in [0.4, 0.5) is 5.13 Å². The number of carbonyl (C=O) groups excluding carboxylic acids is 1. The van der Waals surface area contributed by atoms with Gasteiger partial charge >= 0.3 is 0 Å². The van der Waals surface area contributed by atoms with Crippen LogP contribution < -0.4 is 10.3 Å². The number of anilines is 1. The summed E-state index contributed by atoms with van der Waals surface area (Å²) in [5.41, 5.74) is 4.73. The number of hydrogen-bond donors (Lipinski definition) is 1. The van der Waals surface area contributed by atoms with Gasteiger partial charge in [0.1, 0.15) is 0 Å². The second-order valence-electron chi connectivity index (χ2n) is 5.76. The molecule has 3 rings (SSSR count). The number of hydrazone groups is 1. The summed E-state index contributed by atoms with van der Waals surface area (Å²) >= 11 is 13.4. The number of benzene rings is 1. The molecule has 1 saturated heterocycles. The summed E-state index contributed by atoms with van der Waals surface area (Å²) in [6.07, 6.45) is 0.180. The summed E-state index contributed by atoms with van der Waals surface area (Å²) < 4.78 is 5.34. The topological polar surface area (TPSA) is 66.8 Å². The molecular weight excluding hydrogens is 395 g/mol. The largest absolute Gasteiger partial charge is 0.378 e. The van der Waals surface area contributed by atoms with Crippen LogP contribution in [0.2, 0.25) is 10.0 Å². The van der Waals surface area contributed by atoms with E-state index in [1.807, 2.05) is 5.38 Å². The lowest BCUT2D eigenvalue weighted by Gasteiger charge is -2.26. The number of carbonyl (C=O) groups is 1. The van der Waals surface area contributed by atoms with Crippen molar-refractivity contribution in [1.29, 1.82) is 0 Å². The van der Waals surface area contributed by atoms with Crippen molar-refractivity contribution in [3.63, 3.8) is 0 Å². The Labute approximate surface area is 165 Å². The maximum absolute atomic E-state index is 12.1. The van der Waals surface area contributed by atoms with Gasteiger partial charge in [0, 0.05) is 18.5 Å². The van der Waals surface area contributed by atoms with Gasteiger partial charge in [0.25, 0.3) is 0 Å². The Morgan fingerprint density at radius 1 is 1.35 bits per heavy atom. The van der Waals surface area contributed by atoms with Crippen molar-refractivity contribution < 1.29 is 9.53 Å². The summed E-state index contributed by atoms with van der Waals surface area (Å²) in [6.45, 7) is 4.86. The number of halogens is 2. The minimum absolute atomic E-state index is 0.180. The van der Waals surface area contributed by atoms with Crippen molar-refractivity contribution in [2.45, 2.75) is 13.3 Å². The molecule has 0 aliphatic carbocycles. The molecule has 0 unspecified atom stereocenters. The third-order valence-electron chi connectivity index (χ3n) is 3.85. The van der Waals surface area contributed by atoms with Crippen LogP contribution in [0.1, 0.15) is 18.2 Å². The highest BCUT2D eigenvalue weighted by atomic mass is 35.5. The molecule has 9 heteroatoms. The van der Waals surface area contributed by atoms with Crippen LogP contribution in [0.5, 0.6) is 0 Å². The third kappa shape index (κ3) is 4.94. The van der Waals surface area contributed by atoms with Crippen LogP contribution in [0.25, 0.3) is 0 Å². The van der Waals surface area contributed by atoms with Gasteiger partial charge in [0.15, 0.2) is 5.13 Å². The zero-order chi connectivity index (χ0) is 18.5. The molecule has 0 radical (unpaired) electrons. The molecule has 1 aromatic carbocycles. The van der Waals surface area contributed by atoms with Gasteiger partial charge < -0.3 is 9.64 Å². The number of amides is 1. The van der Waals surface area contributed by atoms with Crippen molar-refractivity contribution in [3.05, 3.63) is 44.9 Å². The molecule has 2 aromatic rings. The molecule has 0 atom stereocenters. The van der Waals surface area contributed by atoms with Crippen LogP contribution in [0, 0.1) is 0 Å². The first-order chi connectivity index (χ1) is 12.5. The number of nitrogens with zero attached hydrogens (tertiary/aromatic N) is 3. The molecule has 0 spiro atoms. The normalized spacial score (nSPS) is 15.2. The Morgan fingerprint density at radius 3 is 2.85 bits per heavy atom. The SMILES string of the molecule is C/C(=N\NC(=O)Cc1csc(N2CCOCC2)n1)c1ccc(Cl)c(Cl)c1. The fraction of sp³-hybridized carbons (Fsp3) is 0.353. The number of thiazole rings is 1. The van der Waals surface area contributed by atoms with Crippen LogP contribution in [-0.2, 0) is 16.0 Å². The van der Waals surface area contributed by atoms with E-state index in [1.165, 1.54) is 11.3 Å². The van der Waals surface area contributed by atoms with Crippen LogP contribution in [0.15, 0.2) is 28.7 Å². The molecule has 1 N–H and O–H groups in total. The Bertz CT molecular complexity index is 819. The van der Waals surface area contributed by atoms with E-state index < -0.39 is 0 Å². The first-order valence-corrected chi connectivity index (χ1v) is 9.72. The monoisotopic (exact) mass is 412 g/mol.